The van der Waals surface area contributed by atoms with Crippen molar-refractivity contribution >= 4 is 17.6 Å². The SMILES string of the molecule is Cc1ccccc1OCCN1C(=O)CCc2c(C)nc(CN(C)C(=O)Cn3cccn3)nc21. The lowest BCUT2D eigenvalue weighted by Crippen LogP contribution is -2.40. The van der Waals surface area contributed by atoms with Gasteiger partial charge in [-0.3, -0.25) is 19.2 Å². The van der Waals surface area contributed by atoms with Crippen molar-refractivity contribution in [3.8, 4) is 5.75 Å². The second-order valence-corrected chi connectivity index (χ2v) is 8.14. The van der Waals surface area contributed by atoms with E-state index >= 15 is 0 Å². The molecular weight excluding hydrogens is 420 g/mol. The van der Waals surface area contributed by atoms with Gasteiger partial charge in [0.25, 0.3) is 0 Å². The third-order valence-corrected chi connectivity index (χ3v) is 5.71. The van der Waals surface area contributed by atoms with Crippen LogP contribution in [-0.4, -0.2) is 56.7 Å². The molecule has 0 saturated carbocycles. The zero-order valence-electron chi connectivity index (χ0n) is 19.2. The average molecular weight is 449 g/mol. The highest BCUT2D eigenvalue weighted by atomic mass is 16.5. The molecule has 0 atom stereocenters. The van der Waals surface area contributed by atoms with Gasteiger partial charge in [0.1, 0.15) is 30.5 Å². The van der Waals surface area contributed by atoms with E-state index in [9.17, 15) is 9.59 Å². The topological polar surface area (TPSA) is 93.5 Å². The second kappa shape index (κ2) is 9.81. The van der Waals surface area contributed by atoms with Gasteiger partial charge >= 0.3 is 0 Å². The highest BCUT2D eigenvalue weighted by molar-refractivity contribution is 5.95. The summed E-state index contributed by atoms with van der Waals surface area (Å²) in [7, 11) is 1.71. The number of para-hydroxylation sites is 1. The zero-order chi connectivity index (χ0) is 23.4. The summed E-state index contributed by atoms with van der Waals surface area (Å²) in [5, 5.41) is 4.07. The molecule has 0 unspecified atom stereocenters. The Balaban J connectivity index is 1.47. The number of hydrogen-bond donors (Lipinski definition) is 0. The molecule has 33 heavy (non-hydrogen) atoms. The van der Waals surface area contributed by atoms with Crippen LogP contribution >= 0.6 is 0 Å². The molecule has 0 spiro atoms. The smallest absolute Gasteiger partial charge is 0.244 e. The Hall–Kier alpha value is -3.75. The summed E-state index contributed by atoms with van der Waals surface area (Å²) in [6.07, 6.45) is 4.41. The van der Waals surface area contributed by atoms with Crippen LogP contribution in [0.2, 0.25) is 0 Å². The lowest BCUT2D eigenvalue weighted by molar-refractivity contribution is -0.131. The molecule has 1 aromatic carbocycles. The molecule has 0 aliphatic carbocycles. The molecular formula is C24H28N6O3. The summed E-state index contributed by atoms with van der Waals surface area (Å²) >= 11 is 0. The normalized spacial score (nSPS) is 13.1. The molecule has 0 N–H and O–H groups in total. The molecule has 3 heterocycles. The molecule has 0 fully saturated rings. The van der Waals surface area contributed by atoms with Gasteiger partial charge in [0.15, 0.2) is 0 Å². The minimum Gasteiger partial charge on any atom is -0.491 e. The number of amides is 2. The van der Waals surface area contributed by atoms with E-state index in [0.29, 0.717) is 37.6 Å². The molecule has 4 rings (SSSR count). The van der Waals surface area contributed by atoms with Gasteiger partial charge in [-0.15, -0.1) is 0 Å². The Kier molecular flexibility index (Phi) is 6.67. The summed E-state index contributed by atoms with van der Waals surface area (Å²) < 4.78 is 7.49. The highest BCUT2D eigenvalue weighted by Crippen LogP contribution is 2.28. The third-order valence-electron chi connectivity index (χ3n) is 5.71. The standard InChI is InChI=1S/C24H28N6O3/c1-17-7-4-5-8-20(17)33-14-13-30-22(31)10-9-19-18(2)26-21(27-24(19)30)15-28(3)23(32)16-29-12-6-11-25-29/h4-8,11-12H,9-10,13-16H2,1-3H3. The molecule has 172 valence electrons. The van der Waals surface area contributed by atoms with Crippen LogP contribution in [0.1, 0.15) is 29.1 Å². The number of fused-ring (bicyclic) bond motifs is 1. The number of likely N-dealkylation sites (N-methyl/N-ethyl adjacent to an activating group) is 1. The number of hydrogen-bond acceptors (Lipinski definition) is 6. The van der Waals surface area contributed by atoms with Gasteiger partial charge in [0.05, 0.1) is 13.1 Å². The Morgan fingerprint density at radius 3 is 2.73 bits per heavy atom. The van der Waals surface area contributed by atoms with Crippen molar-refractivity contribution in [2.24, 2.45) is 0 Å². The molecule has 9 nitrogen and oxygen atoms in total. The van der Waals surface area contributed by atoms with Crippen LogP contribution in [0, 0.1) is 13.8 Å². The van der Waals surface area contributed by atoms with Gasteiger partial charge in [0, 0.05) is 37.1 Å². The summed E-state index contributed by atoms with van der Waals surface area (Å²) in [4.78, 5) is 37.8. The summed E-state index contributed by atoms with van der Waals surface area (Å²) in [5.74, 6) is 1.84. The molecule has 1 aliphatic heterocycles. The molecule has 0 radical (unpaired) electrons. The number of benzene rings is 1. The molecule has 3 aromatic rings. The third kappa shape index (κ3) is 5.19. The number of carbonyl (C=O) groups excluding carboxylic acids is 2. The largest absolute Gasteiger partial charge is 0.491 e. The maximum atomic E-state index is 12.7. The van der Waals surface area contributed by atoms with Gasteiger partial charge in [-0.2, -0.15) is 5.10 Å². The number of nitrogens with zero attached hydrogens (tertiary/aromatic N) is 6. The molecule has 0 saturated heterocycles. The predicted octanol–water partition coefficient (Wildman–Crippen LogP) is 2.31. The van der Waals surface area contributed by atoms with Crippen molar-refractivity contribution in [2.45, 2.75) is 39.8 Å². The van der Waals surface area contributed by atoms with Crippen LogP contribution < -0.4 is 9.64 Å². The number of aryl methyl sites for hydroxylation is 2. The first-order valence-electron chi connectivity index (χ1n) is 11.0. The van der Waals surface area contributed by atoms with E-state index in [1.807, 2.05) is 38.1 Å². The molecule has 9 heteroatoms. The van der Waals surface area contributed by atoms with Gasteiger partial charge < -0.3 is 9.64 Å². The minimum atomic E-state index is -0.0998. The van der Waals surface area contributed by atoms with Crippen LogP contribution in [-0.2, 0) is 29.1 Å². The van der Waals surface area contributed by atoms with Crippen LogP contribution in [0.5, 0.6) is 5.75 Å². The van der Waals surface area contributed by atoms with Gasteiger partial charge in [-0.1, -0.05) is 18.2 Å². The Morgan fingerprint density at radius 2 is 1.97 bits per heavy atom. The number of anilines is 1. The fourth-order valence-corrected chi connectivity index (χ4v) is 3.86. The summed E-state index contributed by atoms with van der Waals surface area (Å²) in [6.45, 7) is 5.06. The first-order chi connectivity index (χ1) is 15.9. The van der Waals surface area contributed by atoms with Gasteiger partial charge in [-0.05, 0) is 38.0 Å². The lowest BCUT2D eigenvalue weighted by atomic mass is 10.0. The van der Waals surface area contributed by atoms with E-state index in [-0.39, 0.29) is 24.9 Å². The van der Waals surface area contributed by atoms with E-state index in [1.54, 1.807) is 40.0 Å². The fourth-order valence-electron chi connectivity index (χ4n) is 3.86. The maximum Gasteiger partial charge on any atom is 0.244 e. The monoisotopic (exact) mass is 448 g/mol. The second-order valence-electron chi connectivity index (χ2n) is 8.14. The van der Waals surface area contributed by atoms with Gasteiger partial charge in [0.2, 0.25) is 11.8 Å². The lowest BCUT2D eigenvalue weighted by Gasteiger charge is -2.29. The number of ether oxygens (including phenoxy) is 1. The fraction of sp³-hybridized carbons (Fsp3) is 0.375. The van der Waals surface area contributed by atoms with Crippen molar-refractivity contribution in [1.82, 2.24) is 24.6 Å². The maximum absolute atomic E-state index is 12.7. The summed E-state index contributed by atoms with van der Waals surface area (Å²) in [6, 6.07) is 9.57. The Bertz CT molecular complexity index is 1150. The minimum absolute atomic E-state index is 0.0167. The number of carbonyl (C=O) groups is 2. The van der Waals surface area contributed by atoms with E-state index in [4.69, 9.17) is 9.72 Å². The van der Waals surface area contributed by atoms with Gasteiger partial charge in [-0.25, -0.2) is 9.97 Å². The first kappa shape index (κ1) is 22.4. The summed E-state index contributed by atoms with van der Waals surface area (Å²) in [5.41, 5.74) is 2.85. The Morgan fingerprint density at radius 1 is 1.15 bits per heavy atom. The van der Waals surface area contributed by atoms with Crippen LogP contribution in [0.25, 0.3) is 0 Å². The van der Waals surface area contributed by atoms with E-state index in [2.05, 4.69) is 10.1 Å². The van der Waals surface area contributed by atoms with Crippen molar-refractivity contribution in [1.29, 1.82) is 0 Å². The molecule has 0 bridgehead atoms. The molecule has 2 amide bonds. The Labute approximate surface area is 193 Å². The number of rotatable bonds is 8. The average Bonchev–Trinajstić information content (AvgIpc) is 3.29. The predicted molar refractivity (Wildman–Crippen MR) is 123 cm³/mol. The van der Waals surface area contributed by atoms with Crippen LogP contribution in [0.4, 0.5) is 5.82 Å². The van der Waals surface area contributed by atoms with Crippen molar-refractivity contribution in [3.63, 3.8) is 0 Å². The van der Waals surface area contributed by atoms with E-state index < -0.39 is 0 Å². The molecule has 1 aliphatic rings. The quantitative estimate of drug-likeness (QED) is 0.525. The van der Waals surface area contributed by atoms with Crippen molar-refractivity contribution < 1.29 is 14.3 Å². The highest BCUT2D eigenvalue weighted by Gasteiger charge is 2.28. The van der Waals surface area contributed by atoms with Crippen molar-refractivity contribution in [2.75, 3.05) is 25.1 Å². The molecule has 2 aromatic heterocycles. The van der Waals surface area contributed by atoms with E-state index in [1.165, 1.54) is 0 Å². The zero-order valence-corrected chi connectivity index (χ0v) is 19.2. The van der Waals surface area contributed by atoms with Crippen LogP contribution in [0.15, 0.2) is 42.7 Å². The van der Waals surface area contributed by atoms with Crippen molar-refractivity contribution in [3.05, 3.63) is 65.4 Å². The van der Waals surface area contributed by atoms with Crippen LogP contribution in [0.3, 0.4) is 0 Å². The first-order valence-corrected chi connectivity index (χ1v) is 11.0. The number of aromatic nitrogens is 4. The van der Waals surface area contributed by atoms with E-state index in [0.717, 1.165) is 22.6 Å².